The van der Waals surface area contributed by atoms with Gasteiger partial charge in [0.1, 0.15) is 0 Å². The normalized spacial score (nSPS) is 14.1. The van der Waals surface area contributed by atoms with E-state index in [0.717, 1.165) is 30.4 Å². The van der Waals surface area contributed by atoms with Crippen LogP contribution in [0.3, 0.4) is 0 Å². The summed E-state index contributed by atoms with van der Waals surface area (Å²) in [5.41, 5.74) is 1.67. The number of aldehydes is 1. The van der Waals surface area contributed by atoms with Gasteiger partial charge in [-0.1, -0.05) is 6.07 Å². The molecule has 0 aliphatic carbocycles. The van der Waals surface area contributed by atoms with Crippen LogP contribution in [0.4, 0.5) is 0 Å². The van der Waals surface area contributed by atoms with Crippen molar-refractivity contribution in [2.45, 2.75) is 12.8 Å². The van der Waals surface area contributed by atoms with Gasteiger partial charge in [-0.25, -0.2) is 0 Å². The first-order valence-electron chi connectivity index (χ1n) is 4.64. The molecule has 0 saturated carbocycles. The highest BCUT2D eigenvalue weighted by Crippen LogP contribution is 2.36. The van der Waals surface area contributed by atoms with Gasteiger partial charge in [0.2, 0.25) is 0 Å². The van der Waals surface area contributed by atoms with Crippen LogP contribution in [0.1, 0.15) is 22.3 Å². The number of aryl methyl sites for hydroxylation is 1. The fourth-order valence-electron chi connectivity index (χ4n) is 1.71. The molecule has 0 N–H and O–H groups in total. The van der Waals surface area contributed by atoms with Gasteiger partial charge in [-0.15, -0.1) is 0 Å². The number of carbonyl (C=O) groups is 1. The summed E-state index contributed by atoms with van der Waals surface area (Å²) in [6, 6.07) is 3.71. The average molecular weight is 192 g/mol. The molecule has 3 nitrogen and oxygen atoms in total. The van der Waals surface area contributed by atoms with Gasteiger partial charge in [0.05, 0.1) is 19.3 Å². The fourth-order valence-corrected chi connectivity index (χ4v) is 1.71. The molecule has 14 heavy (non-hydrogen) atoms. The van der Waals surface area contributed by atoms with E-state index in [0.29, 0.717) is 17.9 Å². The van der Waals surface area contributed by atoms with Crippen molar-refractivity contribution >= 4 is 6.29 Å². The molecule has 1 aromatic carbocycles. The van der Waals surface area contributed by atoms with E-state index in [1.807, 2.05) is 6.07 Å². The summed E-state index contributed by atoms with van der Waals surface area (Å²) >= 11 is 0. The molecule has 0 atom stereocenters. The Morgan fingerprint density at radius 3 is 3.07 bits per heavy atom. The lowest BCUT2D eigenvalue weighted by atomic mass is 10.0. The summed E-state index contributed by atoms with van der Waals surface area (Å²) in [7, 11) is 1.56. The lowest BCUT2D eigenvalue weighted by Crippen LogP contribution is -2.10. The van der Waals surface area contributed by atoms with Gasteiger partial charge < -0.3 is 9.47 Å². The SMILES string of the molecule is COc1c(C=O)ccc2c1OCCC2. The summed E-state index contributed by atoms with van der Waals surface area (Å²) in [4.78, 5) is 10.7. The van der Waals surface area contributed by atoms with E-state index in [2.05, 4.69) is 0 Å². The summed E-state index contributed by atoms with van der Waals surface area (Å²) in [6.45, 7) is 0.700. The van der Waals surface area contributed by atoms with Gasteiger partial charge in [0.15, 0.2) is 17.8 Å². The van der Waals surface area contributed by atoms with Crippen molar-refractivity contribution in [2.75, 3.05) is 13.7 Å². The highest BCUT2D eigenvalue weighted by atomic mass is 16.5. The average Bonchev–Trinajstić information content (AvgIpc) is 2.27. The molecule has 1 aliphatic rings. The van der Waals surface area contributed by atoms with Crippen molar-refractivity contribution in [3.8, 4) is 11.5 Å². The minimum atomic E-state index is 0.549. The Morgan fingerprint density at radius 2 is 2.36 bits per heavy atom. The van der Waals surface area contributed by atoms with Crippen molar-refractivity contribution < 1.29 is 14.3 Å². The minimum Gasteiger partial charge on any atom is -0.492 e. The molecular weight excluding hydrogens is 180 g/mol. The van der Waals surface area contributed by atoms with Crippen molar-refractivity contribution in [2.24, 2.45) is 0 Å². The second-order valence-electron chi connectivity index (χ2n) is 3.25. The number of fused-ring (bicyclic) bond motifs is 1. The van der Waals surface area contributed by atoms with E-state index in [1.54, 1.807) is 13.2 Å². The van der Waals surface area contributed by atoms with Gasteiger partial charge in [-0.2, -0.15) is 0 Å². The molecule has 0 amide bonds. The molecule has 0 unspecified atom stereocenters. The van der Waals surface area contributed by atoms with E-state index in [4.69, 9.17) is 9.47 Å². The van der Waals surface area contributed by atoms with Crippen LogP contribution >= 0.6 is 0 Å². The van der Waals surface area contributed by atoms with Gasteiger partial charge in [0, 0.05) is 0 Å². The fraction of sp³-hybridized carbons (Fsp3) is 0.364. The lowest BCUT2D eigenvalue weighted by Gasteiger charge is -2.20. The standard InChI is InChI=1S/C11H12O3/c1-13-10-9(7-12)5-4-8-3-2-6-14-11(8)10/h4-5,7H,2-3,6H2,1H3. The molecular formula is C11H12O3. The Labute approximate surface area is 82.6 Å². The van der Waals surface area contributed by atoms with E-state index < -0.39 is 0 Å². The van der Waals surface area contributed by atoms with Crippen molar-refractivity contribution in [3.63, 3.8) is 0 Å². The van der Waals surface area contributed by atoms with Crippen LogP contribution in [0.2, 0.25) is 0 Å². The summed E-state index contributed by atoms with van der Waals surface area (Å²) < 4.78 is 10.7. The second-order valence-corrected chi connectivity index (χ2v) is 3.25. The molecule has 3 heteroatoms. The molecule has 0 bridgehead atoms. The predicted octanol–water partition coefficient (Wildman–Crippen LogP) is 1.83. The molecule has 1 aromatic rings. The maximum atomic E-state index is 10.7. The first kappa shape index (κ1) is 9.06. The van der Waals surface area contributed by atoms with Crippen LogP contribution in [0.25, 0.3) is 0 Å². The van der Waals surface area contributed by atoms with Gasteiger partial charge in [-0.05, 0) is 24.5 Å². The van der Waals surface area contributed by atoms with Crippen LogP contribution in [0, 0.1) is 0 Å². The maximum Gasteiger partial charge on any atom is 0.171 e. The van der Waals surface area contributed by atoms with Crippen LogP contribution in [0.5, 0.6) is 11.5 Å². The Morgan fingerprint density at radius 1 is 1.50 bits per heavy atom. The molecule has 1 heterocycles. The highest BCUT2D eigenvalue weighted by Gasteiger charge is 2.18. The number of benzene rings is 1. The quantitative estimate of drug-likeness (QED) is 0.670. The molecule has 0 saturated heterocycles. The topological polar surface area (TPSA) is 35.5 Å². The van der Waals surface area contributed by atoms with Gasteiger partial charge in [-0.3, -0.25) is 4.79 Å². The lowest BCUT2D eigenvalue weighted by molar-refractivity contribution is 0.111. The Balaban J connectivity index is 2.55. The van der Waals surface area contributed by atoms with Gasteiger partial charge in [0.25, 0.3) is 0 Å². The zero-order valence-corrected chi connectivity index (χ0v) is 8.08. The molecule has 0 spiro atoms. The number of methoxy groups -OCH3 is 1. The number of hydrogen-bond acceptors (Lipinski definition) is 3. The monoisotopic (exact) mass is 192 g/mol. The number of hydrogen-bond donors (Lipinski definition) is 0. The number of rotatable bonds is 2. The largest absolute Gasteiger partial charge is 0.492 e. The third-order valence-electron chi connectivity index (χ3n) is 2.39. The minimum absolute atomic E-state index is 0.549. The number of ether oxygens (including phenoxy) is 2. The smallest absolute Gasteiger partial charge is 0.171 e. The third kappa shape index (κ3) is 1.35. The van der Waals surface area contributed by atoms with Gasteiger partial charge >= 0.3 is 0 Å². The van der Waals surface area contributed by atoms with Crippen LogP contribution in [0.15, 0.2) is 12.1 Å². The zero-order valence-electron chi connectivity index (χ0n) is 8.08. The van der Waals surface area contributed by atoms with E-state index in [9.17, 15) is 4.79 Å². The molecule has 0 radical (unpaired) electrons. The molecule has 1 aliphatic heterocycles. The Kier molecular flexibility index (Phi) is 2.39. The summed E-state index contributed by atoms with van der Waals surface area (Å²) in [6.07, 6.45) is 2.80. The van der Waals surface area contributed by atoms with Crippen molar-refractivity contribution in [3.05, 3.63) is 23.3 Å². The zero-order chi connectivity index (χ0) is 9.97. The maximum absolute atomic E-state index is 10.7. The third-order valence-corrected chi connectivity index (χ3v) is 2.39. The first-order valence-corrected chi connectivity index (χ1v) is 4.64. The van der Waals surface area contributed by atoms with Crippen LogP contribution < -0.4 is 9.47 Å². The van der Waals surface area contributed by atoms with E-state index >= 15 is 0 Å². The molecule has 0 aromatic heterocycles. The van der Waals surface area contributed by atoms with Crippen molar-refractivity contribution in [1.29, 1.82) is 0 Å². The Bertz CT molecular complexity index is 358. The highest BCUT2D eigenvalue weighted by molar-refractivity contribution is 5.81. The molecule has 74 valence electrons. The second kappa shape index (κ2) is 3.70. The van der Waals surface area contributed by atoms with Crippen LogP contribution in [-0.4, -0.2) is 20.0 Å². The summed E-state index contributed by atoms with van der Waals surface area (Å²) in [5, 5.41) is 0. The van der Waals surface area contributed by atoms with Crippen molar-refractivity contribution in [1.82, 2.24) is 0 Å². The Hall–Kier alpha value is -1.51. The van der Waals surface area contributed by atoms with Crippen LogP contribution in [-0.2, 0) is 6.42 Å². The summed E-state index contributed by atoms with van der Waals surface area (Å²) in [5.74, 6) is 1.31. The molecule has 0 fully saturated rings. The number of carbonyl (C=O) groups excluding carboxylic acids is 1. The molecule has 2 rings (SSSR count). The predicted molar refractivity (Wildman–Crippen MR) is 52.2 cm³/mol. The van der Waals surface area contributed by atoms with E-state index in [-0.39, 0.29) is 0 Å². The first-order chi connectivity index (χ1) is 6.86. The van der Waals surface area contributed by atoms with E-state index in [1.165, 1.54) is 0 Å².